The van der Waals surface area contributed by atoms with E-state index in [9.17, 15) is 0 Å². The normalized spacial score (nSPS) is 14.1. The molecular weight excluding hydrogens is 126 g/mol. The smallest absolute Gasteiger partial charge is 0.0569 e. The summed E-state index contributed by atoms with van der Waals surface area (Å²) in [4.78, 5) is 0. The standard InChI is InChI=1S/C8H19NO/c1-7(2)8(3)10-6-4-5-9/h7-8H,4-6,9H2,1-3H3/t8-/m0/s1. The fourth-order valence-electron chi connectivity index (χ4n) is 0.545. The van der Waals surface area contributed by atoms with Crippen molar-refractivity contribution in [3.63, 3.8) is 0 Å². The van der Waals surface area contributed by atoms with Gasteiger partial charge in [-0.1, -0.05) is 13.8 Å². The van der Waals surface area contributed by atoms with Crippen LogP contribution < -0.4 is 5.73 Å². The molecule has 0 rings (SSSR count). The molecule has 62 valence electrons. The van der Waals surface area contributed by atoms with Crippen LogP contribution in [0.3, 0.4) is 0 Å². The maximum Gasteiger partial charge on any atom is 0.0569 e. The van der Waals surface area contributed by atoms with Crippen molar-refractivity contribution in [1.82, 2.24) is 0 Å². The minimum Gasteiger partial charge on any atom is -0.378 e. The molecule has 0 aromatic heterocycles. The largest absolute Gasteiger partial charge is 0.378 e. The molecule has 0 saturated heterocycles. The molecule has 1 atom stereocenters. The van der Waals surface area contributed by atoms with Crippen LogP contribution >= 0.6 is 0 Å². The molecule has 2 heteroatoms. The summed E-state index contributed by atoms with van der Waals surface area (Å²) >= 11 is 0. The van der Waals surface area contributed by atoms with E-state index >= 15 is 0 Å². The maximum absolute atomic E-state index is 5.46. The quantitative estimate of drug-likeness (QED) is 0.593. The van der Waals surface area contributed by atoms with Crippen molar-refractivity contribution >= 4 is 0 Å². The third-order valence-corrected chi connectivity index (χ3v) is 1.67. The third-order valence-electron chi connectivity index (χ3n) is 1.67. The van der Waals surface area contributed by atoms with Gasteiger partial charge in [-0.2, -0.15) is 0 Å². The molecule has 0 unspecified atom stereocenters. The van der Waals surface area contributed by atoms with Gasteiger partial charge < -0.3 is 10.5 Å². The Labute approximate surface area is 63.7 Å². The second-order valence-electron chi connectivity index (χ2n) is 2.96. The number of hydrogen-bond donors (Lipinski definition) is 1. The number of hydrogen-bond acceptors (Lipinski definition) is 2. The Hall–Kier alpha value is -0.0800. The zero-order chi connectivity index (χ0) is 7.98. The van der Waals surface area contributed by atoms with Gasteiger partial charge in [0.15, 0.2) is 0 Å². The van der Waals surface area contributed by atoms with Crippen LogP contribution in [0.5, 0.6) is 0 Å². The predicted molar refractivity (Wildman–Crippen MR) is 43.9 cm³/mol. The molecule has 10 heavy (non-hydrogen) atoms. The second kappa shape index (κ2) is 5.69. The topological polar surface area (TPSA) is 35.2 Å². The van der Waals surface area contributed by atoms with E-state index in [0.717, 1.165) is 19.6 Å². The van der Waals surface area contributed by atoms with Gasteiger partial charge in [0, 0.05) is 6.61 Å². The molecule has 0 aromatic rings. The molecule has 0 spiro atoms. The van der Waals surface area contributed by atoms with E-state index in [1.807, 2.05) is 0 Å². The van der Waals surface area contributed by atoms with Crippen LogP contribution in [-0.4, -0.2) is 19.3 Å². The highest BCUT2D eigenvalue weighted by molar-refractivity contribution is 4.54. The van der Waals surface area contributed by atoms with Gasteiger partial charge in [0.1, 0.15) is 0 Å². The molecule has 0 saturated carbocycles. The molecule has 0 bridgehead atoms. The van der Waals surface area contributed by atoms with E-state index in [0.29, 0.717) is 12.0 Å². The van der Waals surface area contributed by atoms with Crippen LogP contribution in [0.25, 0.3) is 0 Å². The molecule has 0 radical (unpaired) electrons. The summed E-state index contributed by atoms with van der Waals surface area (Å²) in [5, 5.41) is 0. The van der Waals surface area contributed by atoms with E-state index < -0.39 is 0 Å². The number of ether oxygens (including phenoxy) is 1. The Kier molecular flexibility index (Phi) is 5.64. The fraction of sp³-hybridized carbons (Fsp3) is 1.00. The summed E-state index contributed by atoms with van der Waals surface area (Å²) in [5.41, 5.74) is 5.31. The minimum absolute atomic E-state index is 0.367. The van der Waals surface area contributed by atoms with Crippen LogP contribution in [-0.2, 0) is 4.74 Å². The second-order valence-corrected chi connectivity index (χ2v) is 2.96. The lowest BCUT2D eigenvalue weighted by Gasteiger charge is -2.15. The van der Waals surface area contributed by atoms with Crippen molar-refractivity contribution in [1.29, 1.82) is 0 Å². The molecule has 0 aliphatic rings. The molecule has 0 amide bonds. The van der Waals surface area contributed by atoms with Crippen molar-refractivity contribution in [2.75, 3.05) is 13.2 Å². The molecule has 2 nitrogen and oxygen atoms in total. The van der Waals surface area contributed by atoms with E-state index in [1.54, 1.807) is 0 Å². The summed E-state index contributed by atoms with van der Waals surface area (Å²) in [6.07, 6.45) is 1.34. The van der Waals surface area contributed by atoms with Gasteiger partial charge in [0.25, 0.3) is 0 Å². The van der Waals surface area contributed by atoms with Crippen molar-refractivity contribution in [2.45, 2.75) is 33.3 Å². The highest BCUT2D eigenvalue weighted by Crippen LogP contribution is 2.04. The molecule has 0 heterocycles. The number of nitrogens with two attached hydrogens (primary N) is 1. The lowest BCUT2D eigenvalue weighted by Crippen LogP contribution is -2.17. The molecular formula is C8H19NO. The van der Waals surface area contributed by atoms with Gasteiger partial charge in [-0.3, -0.25) is 0 Å². The van der Waals surface area contributed by atoms with E-state index in [-0.39, 0.29) is 0 Å². The van der Waals surface area contributed by atoms with Gasteiger partial charge in [-0.15, -0.1) is 0 Å². The zero-order valence-electron chi connectivity index (χ0n) is 7.26. The van der Waals surface area contributed by atoms with Crippen LogP contribution in [0.15, 0.2) is 0 Å². The highest BCUT2D eigenvalue weighted by Gasteiger charge is 2.05. The van der Waals surface area contributed by atoms with Gasteiger partial charge in [0.2, 0.25) is 0 Å². The summed E-state index contributed by atoms with van der Waals surface area (Å²) < 4.78 is 5.46. The van der Waals surface area contributed by atoms with Crippen molar-refractivity contribution < 1.29 is 4.74 Å². The van der Waals surface area contributed by atoms with Crippen molar-refractivity contribution in [2.24, 2.45) is 11.7 Å². The Bertz CT molecular complexity index is 73.7. The monoisotopic (exact) mass is 145 g/mol. The molecule has 0 aromatic carbocycles. The maximum atomic E-state index is 5.46. The number of rotatable bonds is 5. The first-order valence-electron chi connectivity index (χ1n) is 4.00. The van der Waals surface area contributed by atoms with Gasteiger partial charge >= 0.3 is 0 Å². The Morgan fingerprint density at radius 2 is 1.90 bits per heavy atom. The van der Waals surface area contributed by atoms with Crippen molar-refractivity contribution in [3.05, 3.63) is 0 Å². The van der Waals surface area contributed by atoms with Gasteiger partial charge in [-0.25, -0.2) is 0 Å². The predicted octanol–water partition coefficient (Wildman–Crippen LogP) is 1.40. The molecule has 0 aliphatic carbocycles. The van der Waals surface area contributed by atoms with Gasteiger partial charge in [0.05, 0.1) is 6.10 Å². The first kappa shape index (κ1) is 9.92. The first-order valence-corrected chi connectivity index (χ1v) is 4.00. The van der Waals surface area contributed by atoms with E-state index in [2.05, 4.69) is 20.8 Å². The fourth-order valence-corrected chi connectivity index (χ4v) is 0.545. The summed E-state index contributed by atoms with van der Waals surface area (Å²) in [6.45, 7) is 7.95. The van der Waals surface area contributed by atoms with E-state index in [4.69, 9.17) is 10.5 Å². The average molecular weight is 145 g/mol. The lowest BCUT2D eigenvalue weighted by atomic mass is 10.1. The molecule has 2 N–H and O–H groups in total. The van der Waals surface area contributed by atoms with Gasteiger partial charge in [-0.05, 0) is 25.8 Å². The SMILES string of the molecule is CC(C)[C@H](C)OCCCN. The van der Waals surface area contributed by atoms with E-state index in [1.165, 1.54) is 0 Å². The minimum atomic E-state index is 0.367. The lowest BCUT2D eigenvalue weighted by molar-refractivity contribution is 0.0350. The Morgan fingerprint density at radius 3 is 2.30 bits per heavy atom. The van der Waals surface area contributed by atoms with Crippen LogP contribution in [0, 0.1) is 5.92 Å². The zero-order valence-corrected chi connectivity index (χ0v) is 7.26. The summed E-state index contributed by atoms with van der Waals surface area (Å²) in [7, 11) is 0. The van der Waals surface area contributed by atoms with Crippen LogP contribution in [0.4, 0.5) is 0 Å². The van der Waals surface area contributed by atoms with Crippen LogP contribution in [0.2, 0.25) is 0 Å². The third kappa shape index (κ3) is 4.77. The Balaban J connectivity index is 3.13. The molecule has 0 aliphatic heterocycles. The first-order chi connectivity index (χ1) is 4.68. The highest BCUT2D eigenvalue weighted by atomic mass is 16.5. The summed E-state index contributed by atoms with van der Waals surface area (Å²) in [5.74, 6) is 0.609. The van der Waals surface area contributed by atoms with Crippen molar-refractivity contribution in [3.8, 4) is 0 Å². The molecule has 0 fully saturated rings. The Morgan fingerprint density at radius 1 is 1.30 bits per heavy atom. The summed E-state index contributed by atoms with van der Waals surface area (Å²) in [6, 6.07) is 0. The van der Waals surface area contributed by atoms with Crippen LogP contribution in [0.1, 0.15) is 27.2 Å². The average Bonchev–Trinajstić information content (AvgIpc) is 1.88.